The van der Waals surface area contributed by atoms with E-state index in [2.05, 4.69) is 72.8 Å². The van der Waals surface area contributed by atoms with Crippen LogP contribution < -0.4 is 0 Å². The summed E-state index contributed by atoms with van der Waals surface area (Å²) in [5.74, 6) is 0. The average Bonchev–Trinajstić information content (AvgIpc) is 2.87. The lowest BCUT2D eigenvalue weighted by Crippen LogP contribution is -1.62. The molecule has 4 rings (SSSR count). The summed E-state index contributed by atoms with van der Waals surface area (Å²) in [6.07, 6.45) is 0. The van der Waals surface area contributed by atoms with E-state index < -0.39 is 0 Å². The summed E-state index contributed by atoms with van der Waals surface area (Å²) in [6.45, 7) is 0. The predicted octanol–water partition coefficient (Wildman–Crippen LogP) is 7.25. The maximum Gasteiger partial charge on any atom is 0.0412 e. The number of rotatable bonds is 0. The van der Waals surface area contributed by atoms with Crippen LogP contribution in [-0.2, 0) is 0 Å². The van der Waals surface area contributed by atoms with Crippen LogP contribution in [0.5, 0.6) is 0 Å². The van der Waals surface area contributed by atoms with Gasteiger partial charge in [0.1, 0.15) is 0 Å². The van der Waals surface area contributed by atoms with Gasteiger partial charge < -0.3 is 0 Å². The third kappa shape index (κ3) is 6.25. The summed E-state index contributed by atoms with van der Waals surface area (Å²) in [5, 5.41) is 5.07. The largest absolute Gasteiger partial charge is 0.0689 e. The van der Waals surface area contributed by atoms with Crippen LogP contribution in [0.1, 0.15) is 0 Å². The number of fused-ring (bicyclic) bond motifs is 3. The minimum Gasteiger partial charge on any atom is -0.0689 e. The molecule has 0 heterocycles. The van der Waals surface area contributed by atoms with E-state index in [1.807, 2.05) is 72.8 Å². The third-order valence-corrected chi connectivity index (χ3v) is 4.57. The molecule has 0 amide bonds. The molecule has 0 bridgehead atoms. The van der Waals surface area contributed by atoms with Crippen molar-refractivity contribution in [1.82, 2.24) is 0 Å². The smallest absolute Gasteiger partial charge is 0.0412 e. The fraction of sp³-hybridized carbons (Fsp3) is 0. The molecule has 0 fully saturated rings. The van der Waals surface area contributed by atoms with E-state index in [9.17, 15) is 0 Å². The maximum atomic E-state index is 3.13. The summed E-state index contributed by atoms with van der Waals surface area (Å²) in [4.78, 5) is 0. The first-order chi connectivity index (χ1) is 16.9. The second kappa shape index (κ2) is 11.8. The van der Waals surface area contributed by atoms with Crippen molar-refractivity contribution >= 4 is 32.3 Å². The van der Waals surface area contributed by atoms with Crippen LogP contribution in [0.15, 0.2) is 97.1 Å². The lowest BCUT2D eigenvalue weighted by atomic mass is 10.2. The Labute approximate surface area is 202 Å². The summed E-state index contributed by atoms with van der Waals surface area (Å²) in [6, 6.07) is 66.9. The zero-order valence-corrected chi connectivity index (χ0v) is 18.2. The highest BCUT2D eigenvalue weighted by Gasteiger charge is 1.84. The minimum absolute atomic E-state index is 0.830. The van der Waals surface area contributed by atoms with Gasteiger partial charge in [0.15, 0.2) is 0 Å². The molecule has 0 atom stereocenters. The van der Waals surface area contributed by atoms with Gasteiger partial charge in [-0.2, -0.15) is 0 Å². The lowest BCUT2D eigenvalue weighted by Gasteiger charge is -1.84. The van der Waals surface area contributed by atoms with Gasteiger partial charge in [-0.25, -0.2) is 0 Å². The molecule has 4 aromatic rings. The second-order valence-electron chi connectivity index (χ2n) is 6.88. The van der Waals surface area contributed by atoms with Crippen LogP contribution in [0.3, 0.4) is 0 Å². The van der Waals surface area contributed by atoms with Gasteiger partial charge in [-0.15, -0.1) is 0 Å². The van der Waals surface area contributed by atoms with Crippen molar-refractivity contribution in [3.63, 3.8) is 0 Å². The molecule has 0 heteroatoms. The van der Waals surface area contributed by atoms with Gasteiger partial charge in [-0.3, -0.25) is 0 Å². The van der Waals surface area contributed by atoms with Crippen LogP contribution in [-0.4, -0.2) is 0 Å². The number of hydrogen-bond donors (Lipinski definition) is 0. The average molecular weight is 425 g/mol. The lowest BCUT2D eigenvalue weighted by molar-refractivity contribution is 1.79. The molecule has 0 spiro atoms. The van der Waals surface area contributed by atoms with E-state index in [1.54, 1.807) is 24.3 Å². The Bertz CT molecular complexity index is 1400. The van der Waals surface area contributed by atoms with Crippen LogP contribution in [0.2, 0.25) is 0 Å². The summed E-state index contributed by atoms with van der Waals surface area (Å²) in [5.41, 5.74) is 0. The van der Waals surface area contributed by atoms with Crippen LogP contribution in [0.25, 0.3) is 32.3 Å². The SMILES string of the molecule is c1c#cc2ccccc2c#cccc#cc2ccccc2c#cccc#cc2ccccc2c#1. The molecule has 0 aliphatic heterocycles. The molecule has 4 aromatic carbocycles. The normalized spacial score (nSPS) is 8.35. The fourth-order valence-electron chi connectivity index (χ4n) is 2.94. The second-order valence-corrected chi connectivity index (χ2v) is 6.88. The van der Waals surface area contributed by atoms with Crippen molar-refractivity contribution in [2.75, 3.05) is 0 Å². The van der Waals surface area contributed by atoms with Gasteiger partial charge in [0.25, 0.3) is 0 Å². The molecule has 0 N–H and O–H groups in total. The molecule has 0 aromatic heterocycles. The zero-order valence-electron chi connectivity index (χ0n) is 18.2. The van der Waals surface area contributed by atoms with Crippen molar-refractivity contribution in [3.8, 4) is 0 Å². The molecule has 0 radical (unpaired) electrons. The number of hydrogen-bond acceptors (Lipinski definition) is 0. The first-order valence-electron chi connectivity index (χ1n) is 10.6. The van der Waals surface area contributed by atoms with E-state index in [0.717, 1.165) is 32.3 Å². The molecule has 0 nitrogen and oxygen atoms in total. The highest BCUT2D eigenvalue weighted by atomic mass is 13.9. The molecule has 0 saturated carbocycles. The Kier molecular flexibility index (Phi) is 7.52. The third-order valence-electron chi connectivity index (χ3n) is 4.57. The van der Waals surface area contributed by atoms with Crippen LogP contribution in [0, 0.1) is 72.8 Å². The van der Waals surface area contributed by atoms with Gasteiger partial charge in [-0.05, 0) is 72.8 Å². The maximum absolute atomic E-state index is 3.13. The molecule has 152 valence electrons. The first-order valence-corrected chi connectivity index (χ1v) is 10.6. The Morgan fingerprint density at radius 2 is 0.529 bits per heavy atom. The highest BCUT2D eigenvalue weighted by Crippen LogP contribution is 2.06. The Morgan fingerprint density at radius 3 is 0.794 bits per heavy atom. The fourth-order valence-corrected chi connectivity index (χ4v) is 2.94. The van der Waals surface area contributed by atoms with E-state index in [-0.39, 0.29) is 0 Å². The molecule has 0 aliphatic carbocycles. The molecule has 0 aliphatic rings. The first kappa shape index (κ1) is 21.7. The van der Waals surface area contributed by atoms with Crippen molar-refractivity contribution < 1.29 is 0 Å². The molecular weight excluding hydrogens is 408 g/mol. The van der Waals surface area contributed by atoms with E-state index >= 15 is 0 Å². The van der Waals surface area contributed by atoms with Gasteiger partial charge >= 0.3 is 0 Å². The Balaban J connectivity index is 1.91. The molecule has 34 heavy (non-hydrogen) atoms. The van der Waals surface area contributed by atoms with E-state index in [4.69, 9.17) is 0 Å². The van der Waals surface area contributed by atoms with Crippen molar-refractivity contribution in [2.45, 2.75) is 0 Å². The highest BCUT2D eigenvalue weighted by molar-refractivity contribution is 5.79. The van der Waals surface area contributed by atoms with Gasteiger partial charge in [0, 0.05) is 32.3 Å². The molecule has 0 unspecified atom stereocenters. The molecular formula is C34H16. The van der Waals surface area contributed by atoms with Gasteiger partial charge in [-0.1, -0.05) is 97.1 Å². The van der Waals surface area contributed by atoms with Crippen LogP contribution in [0.4, 0.5) is 0 Å². The topological polar surface area (TPSA) is 0 Å². The molecule has 0 saturated heterocycles. The van der Waals surface area contributed by atoms with E-state index in [0.29, 0.717) is 0 Å². The van der Waals surface area contributed by atoms with Gasteiger partial charge in [0.05, 0.1) is 0 Å². The van der Waals surface area contributed by atoms with Gasteiger partial charge in [0.2, 0.25) is 0 Å². The van der Waals surface area contributed by atoms with Crippen molar-refractivity contribution in [1.29, 1.82) is 0 Å². The van der Waals surface area contributed by atoms with E-state index in [1.165, 1.54) is 0 Å². The van der Waals surface area contributed by atoms with Crippen molar-refractivity contribution in [3.05, 3.63) is 170 Å². The minimum atomic E-state index is 0.830. The van der Waals surface area contributed by atoms with Crippen LogP contribution >= 0.6 is 0 Å². The summed E-state index contributed by atoms with van der Waals surface area (Å²) >= 11 is 0. The standard InChI is InChI=1S/C34H16/c1-3-7-19-31-23-11-13-25-33(31)27-15-16-28-34-26-14-12-24-32(34)20-8-4-2-6-18-30-22-10-9-21-29(30)17-5-1/h1-4,9-14,21-26H. The quantitative estimate of drug-likeness (QED) is 0.279. The number of benzene rings is 3. The monoisotopic (exact) mass is 424 g/mol. The van der Waals surface area contributed by atoms with Crippen molar-refractivity contribution in [2.24, 2.45) is 0 Å². The predicted molar refractivity (Wildman–Crippen MR) is 136 cm³/mol. The Morgan fingerprint density at radius 1 is 0.294 bits per heavy atom. The Hall–Kier alpha value is -5.50. The zero-order chi connectivity index (χ0) is 23.3. The summed E-state index contributed by atoms with van der Waals surface area (Å²) < 4.78 is 0. The summed E-state index contributed by atoms with van der Waals surface area (Å²) in [7, 11) is 0.